The molecule has 1 aromatic rings. The molecule has 0 aliphatic heterocycles. The Morgan fingerprint density at radius 1 is 1.56 bits per heavy atom. The van der Waals surface area contributed by atoms with Crippen molar-refractivity contribution in [3.8, 4) is 0 Å². The first kappa shape index (κ1) is 13.0. The Hall–Kier alpha value is -1.07. The highest BCUT2D eigenvalue weighted by molar-refractivity contribution is 6.29. The third kappa shape index (κ3) is 4.20. The summed E-state index contributed by atoms with van der Waals surface area (Å²) in [6.07, 6.45) is 1.78. The van der Waals surface area contributed by atoms with Crippen LogP contribution in [0, 0.1) is 5.92 Å². The fourth-order valence-corrected chi connectivity index (χ4v) is 1.60. The summed E-state index contributed by atoms with van der Waals surface area (Å²) in [7, 11) is 0. The molecular formula is C10H17ClN4O. The molecular weight excluding hydrogens is 228 g/mol. The molecule has 1 heterocycles. The van der Waals surface area contributed by atoms with Gasteiger partial charge >= 0.3 is 0 Å². The average molecular weight is 245 g/mol. The van der Waals surface area contributed by atoms with Crippen LogP contribution in [0.2, 0.25) is 5.15 Å². The molecule has 0 spiro atoms. The van der Waals surface area contributed by atoms with Crippen molar-refractivity contribution in [2.24, 2.45) is 5.92 Å². The summed E-state index contributed by atoms with van der Waals surface area (Å²) in [6.45, 7) is 3.03. The van der Waals surface area contributed by atoms with Crippen LogP contribution in [0.1, 0.15) is 19.8 Å². The van der Waals surface area contributed by atoms with Gasteiger partial charge in [-0.05, 0) is 12.3 Å². The van der Waals surface area contributed by atoms with Crippen molar-refractivity contribution in [3.05, 3.63) is 11.2 Å². The number of nitrogens with two attached hydrogens (primary N) is 1. The van der Waals surface area contributed by atoms with E-state index in [4.69, 9.17) is 22.4 Å². The molecule has 6 heteroatoms. The van der Waals surface area contributed by atoms with Crippen LogP contribution in [0.4, 0.5) is 11.8 Å². The number of halogens is 1. The van der Waals surface area contributed by atoms with Crippen LogP contribution in [-0.4, -0.2) is 28.2 Å². The first-order chi connectivity index (χ1) is 7.65. The number of aliphatic hydroxyl groups is 1. The number of aromatic nitrogens is 2. The standard InChI is InChI=1S/C10H17ClN4O/c1-2-7(3-4-16)6-13-9-5-8(11)14-10(12)15-9/h5,7,16H,2-4,6H2,1H3,(H3,12,13,14,15). The second kappa shape index (κ2) is 6.50. The van der Waals surface area contributed by atoms with Gasteiger partial charge in [-0.2, -0.15) is 4.98 Å². The number of hydrogen-bond donors (Lipinski definition) is 3. The molecule has 0 aliphatic carbocycles. The summed E-state index contributed by atoms with van der Waals surface area (Å²) in [6, 6.07) is 1.63. The zero-order valence-corrected chi connectivity index (χ0v) is 10.0. The van der Waals surface area contributed by atoms with Gasteiger partial charge in [0, 0.05) is 19.2 Å². The van der Waals surface area contributed by atoms with E-state index in [-0.39, 0.29) is 12.6 Å². The summed E-state index contributed by atoms with van der Waals surface area (Å²) in [5.41, 5.74) is 5.47. The SMILES string of the molecule is CCC(CCO)CNc1cc(Cl)nc(N)n1. The van der Waals surface area contributed by atoms with E-state index in [0.29, 0.717) is 16.9 Å². The summed E-state index contributed by atoms with van der Waals surface area (Å²) >= 11 is 5.75. The molecule has 1 aromatic heterocycles. The minimum absolute atomic E-state index is 0.158. The minimum atomic E-state index is 0.158. The molecule has 0 bridgehead atoms. The van der Waals surface area contributed by atoms with Gasteiger partial charge in [-0.15, -0.1) is 0 Å². The lowest BCUT2D eigenvalue weighted by Gasteiger charge is -2.14. The maximum absolute atomic E-state index is 8.86. The molecule has 0 fully saturated rings. The zero-order valence-electron chi connectivity index (χ0n) is 9.28. The lowest BCUT2D eigenvalue weighted by atomic mass is 10.0. The predicted molar refractivity (Wildman–Crippen MR) is 65.4 cm³/mol. The highest BCUT2D eigenvalue weighted by atomic mass is 35.5. The largest absolute Gasteiger partial charge is 0.396 e. The van der Waals surface area contributed by atoms with Crippen LogP contribution in [0.5, 0.6) is 0 Å². The third-order valence-electron chi connectivity index (χ3n) is 2.40. The molecule has 1 atom stereocenters. The van der Waals surface area contributed by atoms with E-state index in [1.165, 1.54) is 0 Å². The Bertz CT molecular complexity index is 314. The summed E-state index contributed by atoms with van der Waals surface area (Å²) < 4.78 is 0. The van der Waals surface area contributed by atoms with Crippen molar-refractivity contribution < 1.29 is 5.11 Å². The average Bonchev–Trinajstić information content (AvgIpc) is 2.23. The maximum Gasteiger partial charge on any atom is 0.223 e. The molecule has 0 saturated carbocycles. The summed E-state index contributed by atoms with van der Waals surface area (Å²) in [5, 5.41) is 12.3. The molecule has 16 heavy (non-hydrogen) atoms. The van der Waals surface area contributed by atoms with Gasteiger partial charge in [0.25, 0.3) is 0 Å². The second-order valence-corrected chi connectivity index (χ2v) is 3.99. The lowest BCUT2D eigenvalue weighted by molar-refractivity contribution is 0.258. The molecule has 0 saturated heterocycles. The Morgan fingerprint density at radius 2 is 2.31 bits per heavy atom. The zero-order chi connectivity index (χ0) is 12.0. The summed E-state index contributed by atoms with van der Waals surface area (Å²) in [4.78, 5) is 7.78. The van der Waals surface area contributed by atoms with Gasteiger partial charge in [0.2, 0.25) is 5.95 Å². The minimum Gasteiger partial charge on any atom is -0.396 e. The molecule has 1 rings (SSSR count). The number of rotatable bonds is 6. The van der Waals surface area contributed by atoms with Gasteiger partial charge in [0.15, 0.2) is 0 Å². The lowest BCUT2D eigenvalue weighted by Crippen LogP contribution is -2.16. The number of hydrogen-bond acceptors (Lipinski definition) is 5. The van der Waals surface area contributed by atoms with Gasteiger partial charge in [0.1, 0.15) is 11.0 Å². The Morgan fingerprint density at radius 3 is 2.88 bits per heavy atom. The molecule has 0 amide bonds. The maximum atomic E-state index is 8.86. The van der Waals surface area contributed by atoms with Gasteiger partial charge in [-0.3, -0.25) is 0 Å². The van der Waals surface area contributed by atoms with Crippen LogP contribution < -0.4 is 11.1 Å². The van der Waals surface area contributed by atoms with E-state index >= 15 is 0 Å². The van der Waals surface area contributed by atoms with Crippen LogP contribution in [0.15, 0.2) is 6.07 Å². The number of aliphatic hydroxyl groups excluding tert-OH is 1. The van der Waals surface area contributed by atoms with Gasteiger partial charge in [0.05, 0.1) is 0 Å². The quantitative estimate of drug-likeness (QED) is 0.661. The smallest absolute Gasteiger partial charge is 0.223 e. The number of nitrogen functional groups attached to an aromatic ring is 1. The van der Waals surface area contributed by atoms with Crippen molar-refractivity contribution in [2.45, 2.75) is 19.8 Å². The van der Waals surface area contributed by atoms with Crippen LogP contribution in [0.25, 0.3) is 0 Å². The number of nitrogens with zero attached hydrogens (tertiary/aromatic N) is 2. The highest BCUT2D eigenvalue weighted by Gasteiger charge is 2.06. The van der Waals surface area contributed by atoms with E-state index < -0.39 is 0 Å². The molecule has 0 aliphatic rings. The molecule has 0 aromatic carbocycles. The Labute approximate surface area is 100 Å². The second-order valence-electron chi connectivity index (χ2n) is 3.60. The van der Waals surface area contributed by atoms with Crippen molar-refractivity contribution in [3.63, 3.8) is 0 Å². The molecule has 0 radical (unpaired) electrons. The molecule has 1 unspecified atom stereocenters. The van der Waals surface area contributed by atoms with Crippen LogP contribution in [0.3, 0.4) is 0 Å². The topological polar surface area (TPSA) is 84.1 Å². The fourth-order valence-electron chi connectivity index (χ4n) is 1.41. The van der Waals surface area contributed by atoms with E-state index in [1.807, 2.05) is 0 Å². The first-order valence-electron chi connectivity index (χ1n) is 5.30. The predicted octanol–water partition coefficient (Wildman–Crippen LogP) is 1.53. The third-order valence-corrected chi connectivity index (χ3v) is 2.59. The van der Waals surface area contributed by atoms with E-state index in [9.17, 15) is 0 Å². The fraction of sp³-hybridized carbons (Fsp3) is 0.600. The van der Waals surface area contributed by atoms with Gasteiger partial charge in [-0.25, -0.2) is 4.98 Å². The Balaban J connectivity index is 2.52. The van der Waals surface area contributed by atoms with Crippen molar-refractivity contribution in [1.29, 1.82) is 0 Å². The number of anilines is 2. The monoisotopic (exact) mass is 244 g/mol. The molecule has 5 nitrogen and oxygen atoms in total. The van der Waals surface area contributed by atoms with Crippen molar-refractivity contribution in [2.75, 3.05) is 24.2 Å². The number of nitrogens with one attached hydrogen (secondary N) is 1. The Kier molecular flexibility index (Phi) is 5.28. The van der Waals surface area contributed by atoms with Crippen molar-refractivity contribution >= 4 is 23.4 Å². The molecule has 90 valence electrons. The van der Waals surface area contributed by atoms with E-state index in [1.54, 1.807) is 6.07 Å². The normalized spacial score (nSPS) is 12.4. The van der Waals surface area contributed by atoms with Crippen LogP contribution in [-0.2, 0) is 0 Å². The van der Waals surface area contributed by atoms with E-state index in [2.05, 4.69) is 22.2 Å². The van der Waals surface area contributed by atoms with Gasteiger partial charge < -0.3 is 16.2 Å². The van der Waals surface area contributed by atoms with Crippen molar-refractivity contribution in [1.82, 2.24) is 9.97 Å². The van der Waals surface area contributed by atoms with E-state index in [0.717, 1.165) is 19.4 Å². The summed E-state index contributed by atoms with van der Waals surface area (Å²) in [5.74, 6) is 1.19. The first-order valence-corrected chi connectivity index (χ1v) is 5.68. The van der Waals surface area contributed by atoms with Gasteiger partial charge in [-0.1, -0.05) is 24.9 Å². The highest BCUT2D eigenvalue weighted by Crippen LogP contribution is 2.14. The molecule has 4 N–H and O–H groups in total. The van der Waals surface area contributed by atoms with Crippen LogP contribution >= 0.6 is 11.6 Å².